The maximum absolute atomic E-state index is 12.8. The molecule has 0 spiro atoms. The number of rotatable bonds is 10. The third-order valence-electron chi connectivity index (χ3n) is 7.68. The minimum Gasteiger partial charge on any atom is -0.399 e. The van der Waals surface area contributed by atoms with E-state index in [2.05, 4.69) is 18.6 Å². The summed E-state index contributed by atoms with van der Waals surface area (Å²) in [5.41, 5.74) is 4.34. The number of alkyl halides is 6. The molecular formula is C37H30F6N4O2+4. The molecule has 12 heteroatoms. The van der Waals surface area contributed by atoms with Crippen LogP contribution in [0.25, 0.3) is 33.6 Å². The van der Waals surface area contributed by atoms with E-state index in [1.165, 1.54) is 24.3 Å². The molecule has 4 aromatic heterocycles. The molecule has 0 saturated carbocycles. The average Bonchev–Trinajstić information content (AvgIpc) is 3.08. The topological polar surface area (TPSA) is 34.0 Å². The summed E-state index contributed by atoms with van der Waals surface area (Å²) in [6, 6.07) is 27.3. The van der Waals surface area contributed by atoms with Crippen molar-refractivity contribution in [2.24, 2.45) is 0 Å². The summed E-state index contributed by atoms with van der Waals surface area (Å²) >= 11 is 0. The highest BCUT2D eigenvalue weighted by Gasteiger charge is 2.34. The van der Waals surface area contributed by atoms with Gasteiger partial charge in [0.2, 0.25) is 11.5 Å². The Morgan fingerprint density at radius 2 is 0.714 bits per heavy atom. The van der Waals surface area contributed by atoms with Crippen molar-refractivity contribution >= 4 is 0 Å². The summed E-state index contributed by atoms with van der Waals surface area (Å²) in [7, 11) is 0. The van der Waals surface area contributed by atoms with Crippen molar-refractivity contribution < 1.29 is 54.1 Å². The fourth-order valence-corrected chi connectivity index (χ4v) is 5.36. The van der Waals surface area contributed by atoms with Gasteiger partial charge in [0.15, 0.2) is 62.7 Å². The highest BCUT2D eigenvalue weighted by atomic mass is 19.4. The number of ether oxygens (including phenoxy) is 2. The van der Waals surface area contributed by atoms with Crippen LogP contribution in [0.2, 0.25) is 0 Å². The number of aryl methyl sites for hydroxylation is 2. The molecule has 4 heterocycles. The number of benzene rings is 2. The van der Waals surface area contributed by atoms with E-state index in [9.17, 15) is 26.3 Å². The SMILES string of the molecule is FC(F)(F)Oc1ccccc1-[n+]1ccc(-c2cc[n+](CCC[n+]3ccc(-c4cc[n+](-c5ccccc5OC(F)(F)F)cc4)cc3)cc2)cc1. The van der Waals surface area contributed by atoms with E-state index in [0.29, 0.717) is 0 Å². The maximum Gasteiger partial charge on any atom is 0.573 e. The first-order valence-corrected chi connectivity index (χ1v) is 15.2. The van der Waals surface area contributed by atoms with Gasteiger partial charge in [-0.1, -0.05) is 24.3 Å². The number of nitrogens with zero attached hydrogens (tertiary/aromatic N) is 4. The molecule has 0 radical (unpaired) electrons. The molecule has 0 aliphatic carbocycles. The van der Waals surface area contributed by atoms with Gasteiger partial charge in [-0.2, -0.15) is 9.13 Å². The number of pyridine rings is 4. The predicted molar refractivity (Wildman–Crippen MR) is 165 cm³/mol. The van der Waals surface area contributed by atoms with Crippen LogP contribution < -0.4 is 27.7 Å². The van der Waals surface area contributed by atoms with Gasteiger partial charge < -0.3 is 9.47 Å². The van der Waals surface area contributed by atoms with E-state index in [1.54, 1.807) is 58.2 Å². The van der Waals surface area contributed by atoms with Gasteiger partial charge in [0.1, 0.15) is 0 Å². The molecular weight excluding hydrogens is 646 g/mol. The molecule has 49 heavy (non-hydrogen) atoms. The number of para-hydroxylation sites is 4. The monoisotopic (exact) mass is 676 g/mol. The lowest BCUT2D eigenvalue weighted by Crippen LogP contribution is -2.38. The molecule has 6 nitrogen and oxygen atoms in total. The summed E-state index contributed by atoms with van der Waals surface area (Å²) in [5.74, 6) is -0.559. The second-order valence-corrected chi connectivity index (χ2v) is 11.0. The summed E-state index contributed by atoms with van der Waals surface area (Å²) in [4.78, 5) is 0. The molecule has 0 atom stereocenters. The van der Waals surface area contributed by atoms with Gasteiger partial charge in [-0.05, 0) is 34.4 Å². The third-order valence-corrected chi connectivity index (χ3v) is 7.68. The van der Waals surface area contributed by atoms with Crippen molar-refractivity contribution in [1.29, 1.82) is 0 Å². The van der Waals surface area contributed by atoms with Crippen molar-refractivity contribution in [1.82, 2.24) is 0 Å². The minimum atomic E-state index is -4.78. The van der Waals surface area contributed by atoms with Crippen LogP contribution in [-0.2, 0) is 13.1 Å². The summed E-state index contributed by atoms with van der Waals surface area (Å²) < 4.78 is 92.6. The largest absolute Gasteiger partial charge is 0.573 e. The van der Waals surface area contributed by atoms with Crippen LogP contribution in [0.4, 0.5) is 26.3 Å². The van der Waals surface area contributed by atoms with Crippen molar-refractivity contribution in [2.45, 2.75) is 32.2 Å². The predicted octanol–water partition coefficient (Wildman–Crippen LogP) is 7.04. The zero-order valence-corrected chi connectivity index (χ0v) is 25.9. The molecule has 0 fully saturated rings. The smallest absolute Gasteiger partial charge is 0.399 e. The van der Waals surface area contributed by atoms with E-state index in [4.69, 9.17) is 0 Å². The Bertz CT molecular complexity index is 1850. The van der Waals surface area contributed by atoms with E-state index in [1.807, 2.05) is 73.3 Å². The van der Waals surface area contributed by atoms with Gasteiger partial charge in [0, 0.05) is 60.7 Å². The fourth-order valence-electron chi connectivity index (χ4n) is 5.36. The van der Waals surface area contributed by atoms with E-state index in [0.717, 1.165) is 41.8 Å². The number of halogens is 6. The maximum atomic E-state index is 12.8. The van der Waals surface area contributed by atoms with E-state index < -0.39 is 12.7 Å². The van der Waals surface area contributed by atoms with Crippen LogP contribution in [0.15, 0.2) is 147 Å². The molecule has 0 bridgehead atoms. The van der Waals surface area contributed by atoms with Gasteiger partial charge >= 0.3 is 12.7 Å². The fraction of sp³-hybridized carbons (Fsp3) is 0.135. The first kappa shape index (κ1) is 33.1. The molecule has 0 N–H and O–H groups in total. The lowest BCUT2D eigenvalue weighted by molar-refractivity contribution is -0.726. The van der Waals surface area contributed by atoms with Gasteiger partial charge in [-0.3, -0.25) is 0 Å². The molecule has 0 unspecified atom stereocenters. The first-order chi connectivity index (χ1) is 23.5. The zero-order valence-electron chi connectivity index (χ0n) is 25.9. The van der Waals surface area contributed by atoms with Gasteiger partial charge in [0.25, 0.3) is 11.4 Å². The van der Waals surface area contributed by atoms with Crippen LogP contribution in [0.3, 0.4) is 0 Å². The summed E-state index contributed by atoms with van der Waals surface area (Å²) in [6.45, 7) is 1.58. The van der Waals surface area contributed by atoms with Crippen LogP contribution in [-0.4, -0.2) is 12.7 Å². The van der Waals surface area contributed by atoms with Gasteiger partial charge in [0.05, 0.1) is 6.42 Å². The van der Waals surface area contributed by atoms with Crippen molar-refractivity contribution in [3.63, 3.8) is 0 Å². The molecule has 6 aromatic rings. The summed E-state index contributed by atoms with van der Waals surface area (Å²) in [6.07, 6.45) is 6.07. The molecule has 2 aromatic carbocycles. The zero-order chi connectivity index (χ0) is 34.4. The third kappa shape index (κ3) is 8.78. The Kier molecular flexibility index (Phi) is 9.56. The lowest BCUT2D eigenvalue weighted by atomic mass is 10.1. The van der Waals surface area contributed by atoms with Gasteiger partial charge in [-0.25, -0.2) is 9.13 Å². The highest BCUT2D eigenvalue weighted by molar-refractivity contribution is 5.62. The number of hydrogen-bond acceptors (Lipinski definition) is 2. The van der Waals surface area contributed by atoms with Crippen LogP contribution in [0.1, 0.15) is 6.42 Å². The Labute approximate surface area is 277 Å². The molecule has 0 saturated heterocycles. The Morgan fingerprint density at radius 3 is 1.04 bits per heavy atom. The number of aromatic nitrogens is 4. The van der Waals surface area contributed by atoms with Crippen LogP contribution in [0.5, 0.6) is 11.5 Å². The molecule has 6 rings (SSSR count). The molecule has 0 aliphatic rings. The Morgan fingerprint density at radius 1 is 0.408 bits per heavy atom. The Balaban J connectivity index is 1.02. The van der Waals surface area contributed by atoms with Crippen molar-refractivity contribution in [2.75, 3.05) is 0 Å². The average molecular weight is 677 g/mol. The second kappa shape index (κ2) is 14.1. The second-order valence-electron chi connectivity index (χ2n) is 11.0. The van der Waals surface area contributed by atoms with Crippen LogP contribution >= 0.6 is 0 Å². The normalized spacial score (nSPS) is 11.7. The lowest BCUT2D eigenvalue weighted by Gasteiger charge is -2.09. The number of hydrogen-bond donors (Lipinski definition) is 0. The molecule has 0 amide bonds. The van der Waals surface area contributed by atoms with Crippen LogP contribution in [0, 0.1) is 0 Å². The quantitative estimate of drug-likeness (QED) is 0.115. The summed E-state index contributed by atoms with van der Waals surface area (Å²) in [5, 5.41) is 0. The molecule has 248 valence electrons. The van der Waals surface area contributed by atoms with Gasteiger partial charge in [-0.15, -0.1) is 26.3 Å². The first-order valence-electron chi connectivity index (χ1n) is 15.2. The minimum absolute atomic E-state index is 0.279. The standard InChI is InChI=1S/C37H30F6N4O2/c38-36(39,40)48-34-8-3-1-6-32(34)46-24-14-30(15-25-46)28-10-20-44(21-11-28)18-5-19-45-22-12-29(13-23-45)31-16-26-47(27-17-31)33-7-2-4-9-35(33)49-37(41,42)43/h1-4,6-17,20-27H,5,18-19H2/q+4. The Hall–Kier alpha value is -5.78. The van der Waals surface area contributed by atoms with Crippen molar-refractivity contribution in [3.05, 3.63) is 147 Å². The molecule has 0 aliphatic heterocycles. The highest BCUT2D eigenvalue weighted by Crippen LogP contribution is 2.28. The van der Waals surface area contributed by atoms with E-state index in [-0.39, 0.29) is 22.9 Å². The van der Waals surface area contributed by atoms with Crippen molar-refractivity contribution in [3.8, 4) is 45.1 Å². The van der Waals surface area contributed by atoms with E-state index >= 15 is 0 Å².